The molecule has 11 heteroatoms. The van der Waals surface area contributed by atoms with Gasteiger partial charge in [0.2, 0.25) is 10.0 Å². The molecular formula is C23H26N4O6S. The normalized spacial score (nSPS) is 14.6. The average molecular weight is 487 g/mol. The highest BCUT2D eigenvalue weighted by molar-refractivity contribution is 7.89. The van der Waals surface area contributed by atoms with Crippen molar-refractivity contribution in [2.45, 2.75) is 4.90 Å². The van der Waals surface area contributed by atoms with Gasteiger partial charge in [-0.25, -0.2) is 13.1 Å². The van der Waals surface area contributed by atoms with E-state index in [0.29, 0.717) is 11.4 Å². The number of aromatic nitrogens is 2. The van der Waals surface area contributed by atoms with Gasteiger partial charge in [-0.1, -0.05) is 0 Å². The Bertz CT molecular complexity index is 1260. The maximum absolute atomic E-state index is 13.2. The van der Waals surface area contributed by atoms with E-state index in [1.165, 1.54) is 24.6 Å². The lowest BCUT2D eigenvalue weighted by Gasteiger charge is -2.33. The first-order chi connectivity index (χ1) is 16.4. The first-order valence-electron chi connectivity index (χ1n) is 10.6. The van der Waals surface area contributed by atoms with Crippen molar-refractivity contribution in [3.63, 3.8) is 0 Å². The van der Waals surface area contributed by atoms with Gasteiger partial charge in [0.1, 0.15) is 22.1 Å². The zero-order chi connectivity index (χ0) is 24.3. The third kappa shape index (κ3) is 4.57. The molecule has 0 unspecified atom stereocenters. The average Bonchev–Trinajstić information content (AvgIpc) is 3.38. The Morgan fingerprint density at radius 2 is 1.50 bits per heavy atom. The first kappa shape index (κ1) is 23.6. The predicted molar refractivity (Wildman–Crippen MR) is 124 cm³/mol. The van der Waals surface area contributed by atoms with Crippen LogP contribution < -0.4 is 14.2 Å². The second-order valence-corrected chi connectivity index (χ2v) is 9.46. The van der Waals surface area contributed by atoms with Crippen LogP contribution in [0.25, 0.3) is 5.69 Å². The molecule has 34 heavy (non-hydrogen) atoms. The molecule has 1 aliphatic rings. The van der Waals surface area contributed by atoms with Crippen molar-refractivity contribution in [3.8, 4) is 22.9 Å². The molecule has 4 rings (SSSR count). The highest BCUT2D eigenvalue weighted by atomic mass is 32.2. The van der Waals surface area contributed by atoms with Crippen molar-refractivity contribution < 1.29 is 27.4 Å². The molecule has 0 spiro atoms. The Morgan fingerprint density at radius 3 is 2.12 bits per heavy atom. The molecule has 1 fully saturated rings. The van der Waals surface area contributed by atoms with Crippen molar-refractivity contribution in [1.29, 1.82) is 0 Å². The zero-order valence-electron chi connectivity index (χ0n) is 19.2. The van der Waals surface area contributed by atoms with Crippen molar-refractivity contribution in [2.75, 3.05) is 47.5 Å². The number of nitrogens with zero attached hydrogens (tertiary/aromatic N) is 4. The van der Waals surface area contributed by atoms with Crippen LogP contribution >= 0.6 is 0 Å². The molecule has 1 aliphatic heterocycles. The lowest BCUT2D eigenvalue weighted by molar-refractivity contribution is 0.0691. The number of hydrogen-bond donors (Lipinski definition) is 0. The van der Waals surface area contributed by atoms with Crippen LogP contribution in [0.4, 0.5) is 0 Å². The van der Waals surface area contributed by atoms with E-state index in [-0.39, 0.29) is 42.7 Å². The molecule has 3 aromatic rings. The predicted octanol–water partition coefficient (Wildman–Crippen LogP) is 2.04. The van der Waals surface area contributed by atoms with Gasteiger partial charge >= 0.3 is 0 Å². The fourth-order valence-corrected chi connectivity index (χ4v) is 5.33. The summed E-state index contributed by atoms with van der Waals surface area (Å²) in [6, 6.07) is 13.6. The van der Waals surface area contributed by atoms with Crippen molar-refractivity contribution in [3.05, 3.63) is 60.4 Å². The molecule has 0 radical (unpaired) electrons. The monoisotopic (exact) mass is 486 g/mol. The van der Waals surface area contributed by atoms with Crippen LogP contribution in [0.2, 0.25) is 0 Å². The minimum atomic E-state index is -3.83. The number of methoxy groups -OCH3 is 3. The molecule has 2 heterocycles. The topological polar surface area (TPSA) is 103 Å². The standard InChI is InChI=1S/C23H26N4O6S/c1-31-18-6-4-17(5-7-18)27-11-10-20(24-27)23(28)25-12-14-26(15-13-25)34(29,30)22-16-19(32-2)8-9-21(22)33-3/h4-11,16H,12-15H2,1-3H3. The van der Waals surface area contributed by atoms with E-state index in [1.807, 2.05) is 24.3 Å². The number of carbonyl (C=O) groups is 1. The lowest BCUT2D eigenvalue weighted by Crippen LogP contribution is -2.50. The number of ether oxygens (including phenoxy) is 3. The number of rotatable bonds is 7. The third-order valence-corrected chi connectivity index (χ3v) is 7.58. The summed E-state index contributed by atoms with van der Waals surface area (Å²) in [7, 11) is 0.657. The summed E-state index contributed by atoms with van der Waals surface area (Å²) >= 11 is 0. The molecule has 1 saturated heterocycles. The number of piperazine rings is 1. The second-order valence-electron chi connectivity index (χ2n) is 7.56. The summed E-state index contributed by atoms with van der Waals surface area (Å²) in [5, 5.41) is 4.39. The molecule has 1 aromatic heterocycles. The molecule has 10 nitrogen and oxygen atoms in total. The van der Waals surface area contributed by atoms with E-state index >= 15 is 0 Å². The van der Waals surface area contributed by atoms with Gasteiger partial charge in [-0.05, 0) is 42.5 Å². The van der Waals surface area contributed by atoms with Gasteiger partial charge < -0.3 is 19.1 Å². The first-order valence-corrected chi connectivity index (χ1v) is 12.0. The maximum atomic E-state index is 13.2. The zero-order valence-corrected chi connectivity index (χ0v) is 20.0. The van der Waals surface area contributed by atoms with Crippen LogP contribution in [-0.2, 0) is 10.0 Å². The Labute approximate surface area is 198 Å². The van der Waals surface area contributed by atoms with Crippen LogP contribution in [0, 0.1) is 0 Å². The second kappa shape index (κ2) is 9.74. The fourth-order valence-electron chi connectivity index (χ4n) is 3.73. The summed E-state index contributed by atoms with van der Waals surface area (Å²) in [5.74, 6) is 1.14. The van der Waals surface area contributed by atoms with Gasteiger partial charge in [0.15, 0.2) is 5.69 Å². The molecule has 0 saturated carbocycles. The highest BCUT2D eigenvalue weighted by Crippen LogP contribution is 2.31. The van der Waals surface area contributed by atoms with Gasteiger partial charge in [-0.15, -0.1) is 0 Å². The van der Waals surface area contributed by atoms with E-state index in [9.17, 15) is 13.2 Å². The highest BCUT2D eigenvalue weighted by Gasteiger charge is 2.33. The molecule has 1 amide bonds. The number of hydrogen-bond acceptors (Lipinski definition) is 7. The summed E-state index contributed by atoms with van der Waals surface area (Å²) in [6.07, 6.45) is 1.71. The third-order valence-electron chi connectivity index (χ3n) is 5.66. The van der Waals surface area contributed by atoms with Gasteiger partial charge in [-0.2, -0.15) is 9.40 Å². The summed E-state index contributed by atoms with van der Waals surface area (Å²) in [5.41, 5.74) is 1.09. The fraction of sp³-hybridized carbons (Fsp3) is 0.304. The minimum Gasteiger partial charge on any atom is -0.497 e. The maximum Gasteiger partial charge on any atom is 0.274 e. The molecule has 0 N–H and O–H groups in total. The number of sulfonamides is 1. The van der Waals surface area contributed by atoms with Crippen LogP contribution in [0.15, 0.2) is 59.6 Å². The Balaban J connectivity index is 1.45. The van der Waals surface area contributed by atoms with Crippen LogP contribution in [-0.4, -0.2) is 80.8 Å². The van der Waals surface area contributed by atoms with Gasteiger partial charge in [0, 0.05) is 38.4 Å². The van der Waals surface area contributed by atoms with E-state index < -0.39 is 10.0 Å². The molecule has 0 atom stereocenters. The Morgan fingerprint density at radius 1 is 0.853 bits per heavy atom. The van der Waals surface area contributed by atoms with Crippen LogP contribution in [0.1, 0.15) is 10.5 Å². The summed E-state index contributed by atoms with van der Waals surface area (Å²) in [6.45, 7) is 0.820. The van der Waals surface area contributed by atoms with Crippen molar-refractivity contribution >= 4 is 15.9 Å². The number of amides is 1. The molecule has 0 bridgehead atoms. The van der Waals surface area contributed by atoms with Crippen LogP contribution in [0.5, 0.6) is 17.2 Å². The van der Waals surface area contributed by atoms with Crippen molar-refractivity contribution in [2.24, 2.45) is 0 Å². The van der Waals surface area contributed by atoms with E-state index in [0.717, 1.165) is 11.4 Å². The molecule has 2 aromatic carbocycles. The number of carbonyl (C=O) groups excluding carboxylic acids is 1. The summed E-state index contributed by atoms with van der Waals surface area (Å²) < 4.78 is 45.0. The van der Waals surface area contributed by atoms with E-state index in [1.54, 1.807) is 41.1 Å². The lowest BCUT2D eigenvalue weighted by atomic mass is 10.3. The largest absolute Gasteiger partial charge is 0.497 e. The van der Waals surface area contributed by atoms with E-state index in [4.69, 9.17) is 14.2 Å². The van der Waals surface area contributed by atoms with Gasteiger partial charge in [-0.3, -0.25) is 4.79 Å². The van der Waals surface area contributed by atoms with Gasteiger partial charge in [0.25, 0.3) is 5.91 Å². The van der Waals surface area contributed by atoms with E-state index in [2.05, 4.69) is 5.10 Å². The molecule has 0 aliphatic carbocycles. The van der Waals surface area contributed by atoms with Crippen LogP contribution in [0.3, 0.4) is 0 Å². The smallest absolute Gasteiger partial charge is 0.274 e. The van der Waals surface area contributed by atoms with Crippen molar-refractivity contribution in [1.82, 2.24) is 19.0 Å². The molecular weight excluding hydrogens is 460 g/mol. The minimum absolute atomic E-state index is 0.0346. The Hall–Kier alpha value is -3.57. The van der Waals surface area contributed by atoms with Gasteiger partial charge in [0.05, 0.1) is 27.0 Å². The quantitative estimate of drug-likeness (QED) is 0.504. The molecule has 180 valence electrons. The SMILES string of the molecule is COc1ccc(-n2ccc(C(=O)N3CCN(S(=O)(=O)c4cc(OC)ccc4OC)CC3)n2)cc1. The Kier molecular flexibility index (Phi) is 6.75. The number of benzene rings is 2. The summed E-state index contributed by atoms with van der Waals surface area (Å²) in [4.78, 5) is 14.6.